The summed E-state index contributed by atoms with van der Waals surface area (Å²) in [5, 5.41) is -0.587. The Morgan fingerprint density at radius 3 is 2.55 bits per heavy atom. The van der Waals surface area contributed by atoms with E-state index in [1.165, 1.54) is 7.11 Å². The lowest BCUT2D eigenvalue weighted by Crippen LogP contribution is -2.46. The lowest BCUT2D eigenvalue weighted by atomic mass is 10.1. The SMILES string of the molecule is COC(=O)C1CCCC1S(=O)(=O)N1CCCCCC1C. The zero-order valence-corrected chi connectivity index (χ0v) is 13.2. The van der Waals surface area contributed by atoms with Crippen LogP contribution in [0.5, 0.6) is 0 Å². The first kappa shape index (κ1) is 15.8. The van der Waals surface area contributed by atoms with E-state index in [0.29, 0.717) is 19.4 Å². The number of hydrogen-bond acceptors (Lipinski definition) is 4. The first-order chi connectivity index (χ1) is 9.48. The van der Waals surface area contributed by atoms with Crippen LogP contribution in [0.2, 0.25) is 0 Å². The van der Waals surface area contributed by atoms with E-state index in [4.69, 9.17) is 4.74 Å². The van der Waals surface area contributed by atoms with Crippen molar-refractivity contribution >= 4 is 16.0 Å². The van der Waals surface area contributed by atoms with Crippen LogP contribution in [-0.2, 0) is 19.6 Å². The predicted molar refractivity (Wildman–Crippen MR) is 76.7 cm³/mol. The van der Waals surface area contributed by atoms with Crippen LogP contribution in [0.4, 0.5) is 0 Å². The van der Waals surface area contributed by atoms with Gasteiger partial charge in [-0.25, -0.2) is 8.42 Å². The standard InChI is InChI=1S/C14H25NO4S/c1-11-7-4-3-5-10-15(11)20(17,18)13-9-6-8-12(13)14(16)19-2/h11-13H,3-10H2,1-2H3. The van der Waals surface area contributed by atoms with Gasteiger partial charge in [0.2, 0.25) is 10.0 Å². The van der Waals surface area contributed by atoms with Gasteiger partial charge in [-0.2, -0.15) is 4.31 Å². The second-order valence-electron chi connectivity index (χ2n) is 5.95. The minimum absolute atomic E-state index is 0.0430. The second-order valence-corrected chi connectivity index (χ2v) is 8.06. The molecule has 0 radical (unpaired) electrons. The summed E-state index contributed by atoms with van der Waals surface area (Å²) in [7, 11) is -2.07. The van der Waals surface area contributed by atoms with Gasteiger partial charge >= 0.3 is 5.97 Å². The highest BCUT2D eigenvalue weighted by Gasteiger charge is 2.45. The van der Waals surface area contributed by atoms with E-state index >= 15 is 0 Å². The zero-order valence-electron chi connectivity index (χ0n) is 12.4. The Kier molecular flexibility index (Phi) is 5.07. The molecule has 2 fully saturated rings. The van der Waals surface area contributed by atoms with Crippen molar-refractivity contribution in [2.45, 2.75) is 63.2 Å². The van der Waals surface area contributed by atoms with Crippen LogP contribution in [0.15, 0.2) is 0 Å². The van der Waals surface area contributed by atoms with Crippen molar-refractivity contribution in [3.05, 3.63) is 0 Å². The third kappa shape index (κ3) is 3.01. The molecular formula is C14H25NO4S. The van der Waals surface area contributed by atoms with Crippen molar-refractivity contribution in [1.82, 2.24) is 4.31 Å². The van der Waals surface area contributed by atoms with Crippen molar-refractivity contribution in [1.29, 1.82) is 0 Å². The number of methoxy groups -OCH3 is 1. The molecule has 1 aliphatic heterocycles. The highest BCUT2D eigenvalue weighted by Crippen LogP contribution is 2.35. The van der Waals surface area contributed by atoms with Gasteiger partial charge < -0.3 is 4.74 Å². The molecule has 3 atom stereocenters. The average Bonchev–Trinajstić information content (AvgIpc) is 2.81. The Balaban J connectivity index is 2.22. The fourth-order valence-corrected chi connectivity index (χ4v) is 5.97. The molecule has 0 spiro atoms. The maximum atomic E-state index is 12.9. The van der Waals surface area contributed by atoms with Crippen LogP contribution < -0.4 is 0 Å². The molecule has 3 unspecified atom stereocenters. The molecule has 0 N–H and O–H groups in total. The molecule has 1 saturated heterocycles. The number of ether oxygens (including phenoxy) is 1. The first-order valence-electron chi connectivity index (χ1n) is 7.57. The van der Waals surface area contributed by atoms with Gasteiger partial charge in [0, 0.05) is 12.6 Å². The number of sulfonamides is 1. The molecule has 1 saturated carbocycles. The number of rotatable bonds is 3. The van der Waals surface area contributed by atoms with E-state index in [0.717, 1.165) is 32.1 Å². The summed E-state index contributed by atoms with van der Waals surface area (Å²) in [5.41, 5.74) is 0. The average molecular weight is 303 g/mol. The van der Waals surface area contributed by atoms with Crippen molar-refractivity contribution in [2.24, 2.45) is 5.92 Å². The fraction of sp³-hybridized carbons (Fsp3) is 0.929. The van der Waals surface area contributed by atoms with Gasteiger partial charge in [0.15, 0.2) is 0 Å². The van der Waals surface area contributed by atoms with Crippen molar-refractivity contribution in [2.75, 3.05) is 13.7 Å². The van der Waals surface area contributed by atoms with E-state index in [1.807, 2.05) is 6.92 Å². The molecule has 0 amide bonds. The van der Waals surface area contributed by atoms with E-state index in [9.17, 15) is 13.2 Å². The molecule has 2 aliphatic rings. The minimum Gasteiger partial charge on any atom is -0.469 e. The summed E-state index contributed by atoms with van der Waals surface area (Å²) < 4.78 is 32.2. The van der Waals surface area contributed by atoms with Crippen LogP contribution in [0, 0.1) is 5.92 Å². The van der Waals surface area contributed by atoms with E-state index in [-0.39, 0.29) is 12.0 Å². The van der Waals surface area contributed by atoms with Crippen molar-refractivity contribution in [3.63, 3.8) is 0 Å². The number of nitrogens with zero attached hydrogens (tertiary/aromatic N) is 1. The summed E-state index contributed by atoms with van der Waals surface area (Å²) in [5.74, 6) is -0.862. The Labute approximate surface area is 121 Å². The molecule has 0 aromatic heterocycles. The van der Waals surface area contributed by atoms with E-state index < -0.39 is 21.2 Å². The van der Waals surface area contributed by atoms with Gasteiger partial charge in [-0.05, 0) is 32.6 Å². The molecule has 2 rings (SSSR count). The number of hydrogen-bond donors (Lipinski definition) is 0. The third-order valence-electron chi connectivity index (χ3n) is 4.66. The maximum Gasteiger partial charge on any atom is 0.310 e. The van der Waals surface area contributed by atoms with Gasteiger partial charge in [-0.15, -0.1) is 0 Å². The number of carbonyl (C=O) groups is 1. The second kappa shape index (κ2) is 6.43. The molecule has 1 aliphatic carbocycles. The molecule has 0 aromatic rings. The molecular weight excluding hydrogens is 278 g/mol. The molecule has 0 bridgehead atoms. The normalized spacial score (nSPS) is 32.8. The summed E-state index contributed by atoms with van der Waals surface area (Å²) in [4.78, 5) is 11.8. The van der Waals surface area contributed by atoms with Crippen LogP contribution in [0.1, 0.15) is 51.9 Å². The van der Waals surface area contributed by atoms with Gasteiger partial charge in [0.05, 0.1) is 18.3 Å². The summed E-state index contributed by atoms with van der Waals surface area (Å²) >= 11 is 0. The Morgan fingerprint density at radius 2 is 1.85 bits per heavy atom. The molecule has 6 heteroatoms. The number of carbonyl (C=O) groups excluding carboxylic acids is 1. The Bertz CT molecular complexity index is 448. The van der Waals surface area contributed by atoms with Gasteiger partial charge in [-0.3, -0.25) is 4.79 Å². The van der Waals surface area contributed by atoms with E-state index in [2.05, 4.69) is 0 Å². The maximum absolute atomic E-state index is 12.9. The van der Waals surface area contributed by atoms with Crippen molar-refractivity contribution < 1.29 is 17.9 Å². The summed E-state index contributed by atoms with van der Waals surface area (Å²) in [6.07, 6.45) is 5.98. The van der Waals surface area contributed by atoms with Crippen LogP contribution in [0.3, 0.4) is 0 Å². The topological polar surface area (TPSA) is 63.7 Å². The summed E-state index contributed by atoms with van der Waals surface area (Å²) in [6.45, 7) is 2.57. The van der Waals surface area contributed by atoms with Crippen LogP contribution >= 0.6 is 0 Å². The lowest BCUT2D eigenvalue weighted by Gasteiger charge is -2.30. The Morgan fingerprint density at radius 1 is 1.10 bits per heavy atom. The molecule has 116 valence electrons. The highest BCUT2D eigenvalue weighted by molar-refractivity contribution is 7.89. The van der Waals surface area contributed by atoms with E-state index in [1.54, 1.807) is 4.31 Å². The molecule has 1 heterocycles. The first-order valence-corrected chi connectivity index (χ1v) is 9.07. The van der Waals surface area contributed by atoms with Gasteiger partial charge in [0.25, 0.3) is 0 Å². The summed E-state index contributed by atoms with van der Waals surface area (Å²) in [6, 6.07) is 0.0430. The minimum atomic E-state index is -3.41. The predicted octanol–water partition coefficient (Wildman–Crippen LogP) is 1.92. The third-order valence-corrected chi connectivity index (χ3v) is 7.18. The Hall–Kier alpha value is -0.620. The smallest absolute Gasteiger partial charge is 0.310 e. The quantitative estimate of drug-likeness (QED) is 0.747. The molecule has 5 nitrogen and oxygen atoms in total. The zero-order chi connectivity index (χ0) is 14.8. The van der Waals surface area contributed by atoms with Gasteiger partial charge in [-0.1, -0.05) is 19.3 Å². The monoisotopic (exact) mass is 303 g/mol. The molecule has 0 aromatic carbocycles. The lowest BCUT2D eigenvalue weighted by molar-refractivity contribution is -0.145. The van der Waals surface area contributed by atoms with Crippen LogP contribution in [0.25, 0.3) is 0 Å². The largest absolute Gasteiger partial charge is 0.469 e. The highest BCUT2D eigenvalue weighted by atomic mass is 32.2. The van der Waals surface area contributed by atoms with Crippen molar-refractivity contribution in [3.8, 4) is 0 Å². The van der Waals surface area contributed by atoms with Crippen LogP contribution in [-0.4, -0.2) is 43.6 Å². The van der Waals surface area contributed by atoms with Gasteiger partial charge in [0.1, 0.15) is 0 Å². The number of esters is 1. The fourth-order valence-electron chi connectivity index (χ4n) is 3.50. The molecule has 20 heavy (non-hydrogen) atoms.